The Balaban J connectivity index is 1.84. The van der Waals surface area contributed by atoms with Gasteiger partial charge in [-0.1, -0.05) is 13.8 Å². The standard InChI is InChI=1S/C18H18F2N2O2S/c1-18(2,16-10-21-17-9-13(20)5-8-15(16)17)11-22-25(23,24)14-6-3-12(19)4-7-14/h3-10,21-22H,11H2,1-2H3. The largest absolute Gasteiger partial charge is 0.361 e. The highest BCUT2D eigenvalue weighted by molar-refractivity contribution is 7.89. The van der Waals surface area contributed by atoms with Crippen LogP contribution in [0.3, 0.4) is 0 Å². The van der Waals surface area contributed by atoms with Crippen LogP contribution in [0.2, 0.25) is 0 Å². The number of nitrogens with one attached hydrogen (secondary N) is 2. The van der Waals surface area contributed by atoms with Crippen LogP contribution in [0.25, 0.3) is 10.9 Å². The van der Waals surface area contributed by atoms with Crippen molar-refractivity contribution in [3.63, 3.8) is 0 Å². The zero-order chi connectivity index (χ0) is 18.2. The van der Waals surface area contributed by atoms with Gasteiger partial charge in [0.15, 0.2) is 0 Å². The second-order valence-electron chi connectivity index (χ2n) is 6.55. The maximum Gasteiger partial charge on any atom is 0.240 e. The fourth-order valence-corrected chi connectivity index (χ4v) is 3.94. The van der Waals surface area contributed by atoms with E-state index in [0.717, 1.165) is 23.1 Å². The Bertz CT molecular complexity index is 1010. The summed E-state index contributed by atoms with van der Waals surface area (Å²) in [7, 11) is -3.75. The smallest absolute Gasteiger partial charge is 0.240 e. The van der Waals surface area contributed by atoms with Gasteiger partial charge in [-0.25, -0.2) is 21.9 Å². The molecule has 1 heterocycles. The van der Waals surface area contributed by atoms with E-state index in [-0.39, 0.29) is 17.3 Å². The number of aromatic amines is 1. The summed E-state index contributed by atoms with van der Waals surface area (Å²) in [6, 6.07) is 9.10. The Morgan fingerprint density at radius 3 is 2.36 bits per heavy atom. The van der Waals surface area contributed by atoms with E-state index >= 15 is 0 Å². The molecule has 0 saturated carbocycles. The highest BCUT2D eigenvalue weighted by atomic mass is 32.2. The molecule has 2 aromatic carbocycles. The number of hydrogen-bond donors (Lipinski definition) is 2. The molecule has 0 radical (unpaired) electrons. The Kier molecular flexibility index (Phi) is 4.38. The molecular formula is C18H18F2N2O2S. The molecule has 0 atom stereocenters. The fourth-order valence-electron chi connectivity index (χ4n) is 2.73. The predicted octanol–water partition coefficient (Wildman–Crippen LogP) is 3.70. The van der Waals surface area contributed by atoms with Gasteiger partial charge in [0.05, 0.1) is 4.90 Å². The van der Waals surface area contributed by atoms with Crippen LogP contribution in [-0.2, 0) is 15.4 Å². The van der Waals surface area contributed by atoms with Gasteiger partial charge >= 0.3 is 0 Å². The van der Waals surface area contributed by atoms with E-state index in [0.29, 0.717) is 5.52 Å². The van der Waals surface area contributed by atoms with Crippen LogP contribution < -0.4 is 4.72 Å². The van der Waals surface area contributed by atoms with E-state index in [9.17, 15) is 17.2 Å². The lowest BCUT2D eigenvalue weighted by Crippen LogP contribution is -2.36. The minimum Gasteiger partial charge on any atom is -0.361 e. The molecule has 7 heteroatoms. The monoisotopic (exact) mass is 364 g/mol. The van der Waals surface area contributed by atoms with Crippen molar-refractivity contribution >= 4 is 20.9 Å². The van der Waals surface area contributed by atoms with E-state index in [1.165, 1.54) is 24.3 Å². The fraction of sp³-hybridized carbons (Fsp3) is 0.222. The van der Waals surface area contributed by atoms with Crippen LogP contribution in [0, 0.1) is 11.6 Å². The second-order valence-corrected chi connectivity index (χ2v) is 8.32. The highest BCUT2D eigenvalue weighted by Crippen LogP contribution is 2.30. The summed E-state index contributed by atoms with van der Waals surface area (Å²) in [4.78, 5) is 3.02. The number of benzene rings is 2. The number of halogens is 2. The van der Waals surface area contributed by atoms with Crippen molar-refractivity contribution in [1.82, 2.24) is 9.71 Å². The maximum absolute atomic E-state index is 13.3. The third-order valence-corrected chi connectivity index (χ3v) is 5.62. The average molecular weight is 364 g/mol. The van der Waals surface area contributed by atoms with Crippen LogP contribution in [0.4, 0.5) is 8.78 Å². The summed E-state index contributed by atoms with van der Waals surface area (Å²) in [5, 5.41) is 0.840. The Morgan fingerprint density at radius 1 is 1.04 bits per heavy atom. The van der Waals surface area contributed by atoms with E-state index in [1.54, 1.807) is 12.3 Å². The first-order chi connectivity index (χ1) is 11.7. The molecule has 0 fully saturated rings. The minimum atomic E-state index is -3.75. The van der Waals surface area contributed by atoms with Gasteiger partial charge in [0.25, 0.3) is 0 Å². The lowest BCUT2D eigenvalue weighted by Gasteiger charge is -2.25. The lowest BCUT2D eigenvalue weighted by molar-refractivity contribution is 0.504. The van der Waals surface area contributed by atoms with Gasteiger partial charge in [-0.2, -0.15) is 0 Å². The third-order valence-electron chi connectivity index (χ3n) is 4.20. The van der Waals surface area contributed by atoms with Crippen molar-refractivity contribution in [3.8, 4) is 0 Å². The highest BCUT2D eigenvalue weighted by Gasteiger charge is 2.27. The minimum absolute atomic E-state index is 0.00528. The van der Waals surface area contributed by atoms with Crippen molar-refractivity contribution < 1.29 is 17.2 Å². The second kappa shape index (κ2) is 6.24. The van der Waals surface area contributed by atoms with Gasteiger partial charge < -0.3 is 4.98 Å². The van der Waals surface area contributed by atoms with E-state index < -0.39 is 21.3 Å². The molecular weight excluding hydrogens is 346 g/mol. The van der Waals surface area contributed by atoms with Crippen molar-refractivity contribution in [2.45, 2.75) is 24.2 Å². The first-order valence-corrected chi connectivity index (χ1v) is 9.20. The molecule has 0 aliphatic rings. The van der Waals surface area contributed by atoms with Gasteiger partial charge in [-0.3, -0.25) is 0 Å². The molecule has 3 rings (SSSR count). The van der Waals surface area contributed by atoms with E-state index in [2.05, 4.69) is 9.71 Å². The summed E-state index contributed by atoms with van der Waals surface area (Å²) in [6.07, 6.45) is 1.76. The Hall–Kier alpha value is -2.25. The predicted molar refractivity (Wildman–Crippen MR) is 92.9 cm³/mol. The van der Waals surface area contributed by atoms with Crippen molar-refractivity contribution in [2.24, 2.45) is 0 Å². The van der Waals surface area contributed by atoms with Crippen molar-refractivity contribution in [1.29, 1.82) is 0 Å². The molecule has 3 aromatic rings. The zero-order valence-electron chi connectivity index (χ0n) is 13.8. The lowest BCUT2D eigenvalue weighted by atomic mass is 9.85. The number of hydrogen-bond acceptors (Lipinski definition) is 2. The first kappa shape index (κ1) is 17.6. The number of sulfonamides is 1. The van der Waals surface area contributed by atoms with Crippen molar-refractivity contribution in [3.05, 3.63) is 65.9 Å². The molecule has 0 aliphatic heterocycles. The summed E-state index contributed by atoms with van der Waals surface area (Å²) >= 11 is 0. The summed E-state index contributed by atoms with van der Waals surface area (Å²) in [5.74, 6) is -0.832. The molecule has 0 amide bonds. The molecule has 2 N–H and O–H groups in total. The van der Waals surface area contributed by atoms with Crippen LogP contribution >= 0.6 is 0 Å². The topological polar surface area (TPSA) is 62.0 Å². The van der Waals surface area contributed by atoms with Gasteiger partial charge in [-0.15, -0.1) is 0 Å². The normalized spacial score (nSPS) is 12.6. The number of fused-ring (bicyclic) bond motifs is 1. The van der Waals surface area contributed by atoms with Crippen LogP contribution in [0.5, 0.6) is 0 Å². The zero-order valence-corrected chi connectivity index (χ0v) is 14.6. The summed E-state index contributed by atoms with van der Waals surface area (Å²) in [5.41, 5.74) is 0.997. The summed E-state index contributed by atoms with van der Waals surface area (Å²) < 4.78 is 53.6. The SMILES string of the molecule is CC(C)(CNS(=O)(=O)c1ccc(F)cc1)c1c[nH]c2cc(F)ccc12. The molecule has 132 valence electrons. The molecule has 25 heavy (non-hydrogen) atoms. The van der Waals surface area contributed by atoms with Crippen LogP contribution in [0.1, 0.15) is 19.4 Å². The molecule has 0 bridgehead atoms. The van der Waals surface area contributed by atoms with E-state index in [1.807, 2.05) is 13.8 Å². The third kappa shape index (κ3) is 3.57. The maximum atomic E-state index is 13.3. The van der Waals surface area contributed by atoms with Crippen LogP contribution in [-0.4, -0.2) is 19.9 Å². The Labute approximate surface area is 144 Å². The Morgan fingerprint density at radius 2 is 1.68 bits per heavy atom. The molecule has 4 nitrogen and oxygen atoms in total. The molecule has 1 aromatic heterocycles. The number of rotatable bonds is 5. The quantitative estimate of drug-likeness (QED) is 0.725. The number of H-pyrrole nitrogens is 1. The molecule has 0 unspecified atom stereocenters. The van der Waals surface area contributed by atoms with Gasteiger partial charge in [0.1, 0.15) is 11.6 Å². The van der Waals surface area contributed by atoms with Gasteiger partial charge in [-0.05, 0) is 48.0 Å². The van der Waals surface area contributed by atoms with Crippen LogP contribution in [0.15, 0.2) is 53.6 Å². The van der Waals surface area contributed by atoms with Crippen molar-refractivity contribution in [2.75, 3.05) is 6.54 Å². The summed E-state index contributed by atoms with van der Waals surface area (Å²) in [6.45, 7) is 3.93. The number of aromatic nitrogens is 1. The average Bonchev–Trinajstić information content (AvgIpc) is 2.97. The molecule has 0 aliphatic carbocycles. The molecule has 0 spiro atoms. The molecule has 0 saturated heterocycles. The van der Waals surface area contributed by atoms with Gasteiger partial charge in [0, 0.05) is 29.1 Å². The first-order valence-electron chi connectivity index (χ1n) is 7.71. The van der Waals surface area contributed by atoms with Gasteiger partial charge in [0.2, 0.25) is 10.0 Å². The van der Waals surface area contributed by atoms with E-state index in [4.69, 9.17) is 0 Å².